The molecule has 6 nitrogen and oxygen atoms in total. The fourth-order valence-corrected chi connectivity index (χ4v) is 3.77. The molecule has 1 aliphatic heterocycles. The molecule has 3 atom stereocenters. The van der Waals surface area contributed by atoms with Crippen molar-refractivity contribution in [1.29, 1.82) is 0 Å². The van der Waals surface area contributed by atoms with Crippen LogP contribution in [0, 0.1) is 6.92 Å². The minimum atomic E-state index is -0.451. The highest BCUT2D eigenvalue weighted by Crippen LogP contribution is 2.33. The Labute approximate surface area is 176 Å². The van der Waals surface area contributed by atoms with Crippen LogP contribution < -0.4 is 4.74 Å². The highest BCUT2D eigenvalue weighted by molar-refractivity contribution is 5.38. The predicted molar refractivity (Wildman–Crippen MR) is 112 cm³/mol. The molecule has 1 aliphatic rings. The van der Waals surface area contributed by atoms with E-state index in [1.165, 1.54) is 23.0 Å². The lowest BCUT2D eigenvalue weighted by Crippen LogP contribution is -2.33. The van der Waals surface area contributed by atoms with E-state index in [0.717, 1.165) is 17.7 Å². The third-order valence-electron chi connectivity index (χ3n) is 5.42. The summed E-state index contributed by atoms with van der Waals surface area (Å²) in [5, 5.41) is 19.6. The molecular formula is C24H26N2O4. The third-order valence-corrected chi connectivity index (χ3v) is 5.42. The van der Waals surface area contributed by atoms with Gasteiger partial charge in [0.05, 0.1) is 37.3 Å². The molecule has 0 aliphatic carbocycles. The average molecular weight is 406 g/mol. The van der Waals surface area contributed by atoms with E-state index in [2.05, 4.69) is 35.1 Å². The lowest BCUT2D eigenvalue weighted by Gasteiger charge is -2.32. The van der Waals surface area contributed by atoms with Crippen LogP contribution in [0.3, 0.4) is 0 Å². The van der Waals surface area contributed by atoms with Gasteiger partial charge in [-0.05, 0) is 47.7 Å². The summed E-state index contributed by atoms with van der Waals surface area (Å²) in [6.45, 7) is 2.02. The van der Waals surface area contributed by atoms with E-state index < -0.39 is 6.10 Å². The van der Waals surface area contributed by atoms with Crippen molar-refractivity contribution in [3.8, 4) is 11.5 Å². The number of nitrogens with zero attached hydrogens (tertiary/aromatic N) is 2. The molecule has 0 bridgehead atoms. The second kappa shape index (κ2) is 9.34. The Kier molecular flexibility index (Phi) is 6.38. The van der Waals surface area contributed by atoms with E-state index in [4.69, 9.17) is 9.47 Å². The van der Waals surface area contributed by atoms with E-state index in [1.807, 2.05) is 24.3 Å². The first-order valence-electron chi connectivity index (χ1n) is 10.2. The Hall–Kier alpha value is -2.80. The Bertz CT molecular complexity index is 963. The lowest BCUT2D eigenvalue weighted by atomic mass is 9.92. The molecule has 6 heteroatoms. The molecule has 30 heavy (non-hydrogen) atoms. The summed E-state index contributed by atoms with van der Waals surface area (Å²) < 4.78 is 11.7. The minimum absolute atomic E-state index is 0.0736. The zero-order valence-electron chi connectivity index (χ0n) is 16.9. The first kappa shape index (κ1) is 20.5. The van der Waals surface area contributed by atoms with Crippen molar-refractivity contribution in [2.45, 2.75) is 44.5 Å². The van der Waals surface area contributed by atoms with Crippen molar-refractivity contribution < 1.29 is 19.7 Å². The molecule has 3 aromatic rings. The van der Waals surface area contributed by atoms with Gasteiger partial charge in [-0.25, -0.2) is 9.97 Å². The van der Waals surface area contributed by atoms with Crippen molar-refractivity contribution in [3.63, 3.8) is 0 Å². The smallest absolute Gasteiger partial charge is 0.163 e. The summed E-state index contributed by atoms with van der Waals surface area (Å²) in [5.74, 6) is 1.34. The first-order valence-corrected chi connectivity index (χ1v) is 10.2. The van der Waals surface area contributed by atoms with Crippen LogP contribution in [-0.2, 0) is 11.2 Å². The summed E-state index contributed by atoms with van der Waals surface area (Å²) >= 11 is 0. The van der Waals surface area contributed by atoms with Gasteiger partial charge in [0.25, 0.3) is 0 Å². The largest absolute Gasteiger partial charge is 0.454 e. The van der Waals surface area contributed by atoms with Crippen molar-refractivity contribution in [1.82, 2.24) is 9.97 Å². The van der Waals surface area contributed by atoms with Crippen LogP contribution in [0.5, 0.6) is 11.5 Å². The maximum atomic E-state index is 10.1. The molecule has 2 heterocycles. The number of hydrogen-bond acceptors (Lipinski definition) is 6. The lowest BCUT2D eigenvalue weighted by molar-refractivity contribution is -0.113. The molecule has 2 aromatic carbocycles. The monoisotopic (exact) mass is 406 g/mol. The molecule has 2 N–H and O–H groups in total. The molecule has 156 valence electrons. The van der Waals surface area contributed by atoms with Crippen LogP contribution in [0.15, 0.2) is 61.2 Å². The number of hydrogen-bond donors (Lipinski definition) is 2. The number of aryl methyl sites for hydroxylation is 1. The SMILES string of the molecule is Cc1ccc([C@H]2C[C@@H](O)C[C@@H](CO)O2)cc1Cc1ccc(Oc2cncnc2)cc1. The third kappa shape index (κ3) is 5.02. The Morgan fingerprint density at radius 3 is 2.53 bits per heavy atom. The van der Waals surface area contributed by atoms with Crippen molar-refractivity contribution in [2.24, 2.45) is 0 Å². The molecule has 0 amide bonds. The number of ether oxygens (including phenoxy) is 2. The second-order valence-corrected chi connectivity index (χ2v) is 7.74. The van der Waals surface area contributed by atoms with Crippen LogP contribution >= 0.6 is 0 Å². The minimum Gasteiger partial charge on any atom is -0.454 e. The summed E-state index contributed by atoms with van der Waals surface area (Å²) in [4.78, 5) is 7.90. The van der Waals surface area contributed by atoms with Gasteiger partial charge < -0.3 is 19.7 Å². The first-order chi connectivity index (χ1) is 14.6. The topological polar surface area (TPSA) is 84.7 Å². The van der Waals surface area contributed by atoms with Crippen LogP contribution in [0.4, 0.5) is 0 Å². The van der Waals surface area contributed by atoms with Crippen LogP contribution in [-0.4, -0.2) is 39.0 Å². The van der Waals surface area contributed by atoms with Crippen molar-refractivity contribution in [3.05, 3.63) is 83.4 Å². The molecular weight excluding hydrogens is 380 g/mol. The quantitative estimate of drug-likeness (QED) is 0.649. The fraction of sp³-hybridized carbons (Fsp3) is 0.333. The van der Waals surface area contributed by atoms with Gasteiger partial charge in [-0.3, -0.25) is 0 Å². The second-order valence-electron chi connectivity index (χ2n) is 7.74. The Morgan fingerprint density at radius 2 is 1.80 bits per heavy atom. The Morgan fingerprint density at radius 1 is 1.03 bits per heavy atom. The molecule has 1 fully saturated rings. The van der Waals surface area contributed by atoms with Gasteiger partial charge in [0.15, 0.2) is 5.75 Å². The van der Waals surface area contributed by atoms with Gasteiger partial charge in [0.2, 0.25) is 0 Å². The van der Waals surface area contributed by atoms with Crippen LogP contribution in [0.25, 0.3) is 0 Å². The summed E-state index contributed by atoms with van der Waals surface area (Å²) in [7, 11) is 0. The zero-order valence-corrected chi connectivity index (χ0v) is 16.9. The van der Waals surface area contributed by atoms with Crippen LogP contribution in [0.1, 0.15) is 41.2 Å². The van der Waals surface area contributed by atoms with Crippen molar-refractivity contribution >= 4 is 0 Å². The molecule has 0 unspecified atom stereocenters. The van der Waals surface area contributed by atoms with Gasteiger partial charge in [-0.2, -0.15) is 0 Å². The van der Waals surface area contributed by atoms with E-state index in [-0.39, 0.29) is 18.8 Å². The van der Waals surface area contributed by atoms with Gasteiger partial charge >= 0.3 is 0 Å². The molecule has 1 aromatic heterocycles. The summed E-state index contributed by atoms with van der Waals surface area (Å²) in [6.07, 6.45) is 5.57. The number of benzene rings is 2. The zero-order chi connectivity index (χ0) is 20.9. The standard InChI is InChI=1S/C24H26N2O4/c1-16-2-5-18(24-11-20(28)10-22(14-27)30-24)9-19(16)8-17-3-6-21(7-4-17)29-23-12-25-15-26-13-23/h2-7,9,12-13,15,20,22,24,27-28H,8,10-11,14H2,1H3/t20-,22-,24+/m0/s1. The van der Waals surface area contributed by atoms with Gasteiger partial charge in [-0.1, -0.05) is 30.3 Å². The van der Waals surface area contributed by atoms with Crippen molar-refractivity contribution in [2.75, 3.05) is 6.61 Å². The number of rotatable bonds is 6. The van der Waals surface area contributed by atoms with Gasteiger partial charge in [-0.15, -0.1) is 0 Å². The van der Waals surface area contributed by atoms with E-state index in [9.17, 15) is 10.2 Å². The predicted octanol–water partition coefficient (Wildman–Crippen LogP) is 3.74. The number of aliphatic hydroxyl groups excluding tert-OH is 2. The maximum Gasteiger partial charge on any atom is 0.163 e. The highest BCUT2D eigenvalue weighted by atomic mass is 16.5. The average Bonchev–Trinajstić information content (AvgIpc) is 2.77. The van der Waals surface area contributed by atoms with E-state index >= 15 is 0 Å². The molecule has 0 spiro atoms. The molecule has 0 saturated carbocycles. The van der Waals surface area contributed by atoms with Gasteiger partial charge in [0, 0.05) is 12.8 Å². The van der Waals surface area contributed by atoms with Crippen LogP contribution in [0.2, 0.25) is 0 Å². The number of aliphatic hydroxyl groups is 2. The van der Waals surface area contributed by atoms with E-state index in [1.54, 1.807) is 12.4 Å². The summed E-state index contributed by atoms with van der Waals surface area (Å²) in [5.41, 5.74) is 4.62. The molecule has 0 radical (unpaired) electrons. The Balaban J connectivity index is 1.47. The molecule has 1 saturated heterocycles. The number of aromatic nitrogens is 2. The summed E-state index contributed by atoms with van der Waals surface area (Å²) in [6, 6.07) is 14.3. The fourth-order valence-electron chi connectivity index (χ4n) is 3.77. The normalized spacial score (nSPS) is 21.4. The highest BCUT2D eigenvalue weighted by Gasteiger charge is 2.29. The van der Waals surface area contributed by atoms with Gasteiger partial charge in [0.1, 0.15) is 12.1 Å². The molecule has 4 rings (SSSR count). The maximum absolute atomic E-state index is 10.1. The van der Waals surface area contributed by atoms with E-state index in [0.29, 0.717) is 18.6 Å².